The fourth-order valence-corrected chi connectivity index (χ4v) is 2.11. The average Bonchev–Trinajstić information content (AvgIpc) is 2.38. The van der Waals surface area contributed by atoms with Crippen LogP contribution in [0.15, 0.2) is 60.7 Å². The first-order valence-corrected chi connectivity index (χ1v) is 6.02. The van der Waals surface area contributed by atoms with Crippen LogP contribution in [-0.2, 0) is 6.42 Å². The standard InChI is InChI=1S/C16H19N.ClH.H2O/c1-17(2)16(15-11-7-4-8-12-15)13-14-9-5-3-6-10-14;;/h3-12,16H,13H2,1-2H3;1H;1H2/t16-;;/m1../s1. The summed E-state index contributed by atoms with van der Waals surface area (Å²) in [6.45, 7) is 0. The lowest BCUT2D eigenvalue weighted by molar-refractivity contribution is 0.297. The van der Waals surface area contributed by atoms with Gasteiger partial charge in [-0.15, -0.1) is 12.4 Å². The predicted octanol–water partition coefficient (Wildman–Crippen LogP) is 3.13. The van der Waals surface area contributed by atoms with Crippen molar-refractivity contribution in [1.29, 1.82) is 0 Å². The highest BCUT2D eigenvalue weighted by molar-refractivity contribution is 5.85. The van der Waals surface area contributed by atoms with E-state index in [0.29, 0.717) is 6.04 Å². The second-order valence-electron chi connectivity index (χ2n) is 4.58. The Morgan fingerprint density at radius 1 is 0.842 bits per heavy atom. The zero-order valence-corrected chi connectivity index (χ0v) is 12.2. The highest BCUT2D eigenvalue weighted by Crippen LogP contribution is 2.22. The van der Waals surface area contributed by atoms with Gasteiger partial charge in [0, 0.05) is 6.04 Å². The fraction of sp³-hybridized carbons (Fsp3) is 0.250. The minimum absolute atomic E-state index is 0. The molecule has 0 amide bonds. The summed E-state index contributed by atoms with van der Waals surface area (Å²) < 4.78 is 0. The molecule has 104 valence electrons. The number of rotatable bonds is 4. The Morgan fingerprint density at radius 2 is 1.32 bits per heavy atom. The SMILES string of the molecule is CN(C)[C@H](Cc1ccccc1)c1ccccc1.Cl.O. The van der Waals surface area contributed by atoms with Crippen LogP contribution in [0.2, 0.25) is 0 Å². The molecular weight excluding hydrogens is 258 g/mol. The summed E-state index contributed by atoms with van der Waals surface area (Å²) in [7, 11) is 4.28. The van der Waals surface area contributed by atoms with Crippen molar-refractivity contribution in [3.05, 3.63) is 71.8 Å². The summed E-state index contributed by atoms with van der Waals surface area (Å²) in [5, 5.41) is 0. The molecule has 2 N–H and O–H groups in total. The van der Waals surface area contributed by atoms with Crippen molar-refractivity contribution in [2.45, 2.75) is 12.5 Å². The molecule has 0 bridgehead atoms. The van der Waals surface area contributed by atoms with Crippen LogP contribution in [0.1, 0.15) is 17.2 Å². The summed E-state index contributed by atoms with van der Waals surface area (Å²) in [6.07, 6.45) is 1.05. The molecular formula is C16H22ClNO. The second kappa shape index (κ2) is 8.70. The molecule has 0 unspecified atom stereocenters. The molecule has 2 rings (SSSR count). The Bertz CT molecular complexity index is 445. The molecule has 0 aromatic heterocycles. The Labute approximate surface area is 121 Å². The zero-order chi connectivity index (χ0) is 12.1. The van der Waals surface area contributed by atoms with E-state index >= 15 is 0 Å². The van der Waals surface area contributed by atoms with Gasteiger partial charge < -0.3 is 10.4 Å². The first kappa shape index (κ1) is 17.6. The van der Waals surface area contributed by atoms with Crippen LogP contribution < -0.4 is 0 Å². The molecule has 0 heterocycles. The van der Waals surface area contributed by atoms with Gasteiger partial charge in [0.1, 0.15) is 0 Å². The molecule has 0 aliphatic heterocycles. The van der Waals surface area contributed by atoms with Crippen LogP contribution in [0.5, 0.6) is 0 Å². The second-order valence-corrected chi connectivity index (χ2v) is 4.58. The summed E-state index contributed by atoms with van der Waals surface area (Å²) in [5.74, 6) is 0. The van der Waals surface area contributed by atoms with Crippen molar-refractivity contribution in [1.82, 2.24) is 4.90 Å². The molecule has 1 atom stereocenters. The number of likely N-dealkylation sites (N-methyl/N-ethyl adjacent to an activating group) is 1. The van der Waals surface area contributed by atoms with Crippen LogP contribution >= 0.6 is 12.4 Å². The van der Waals surface area contributed by atoms with Gasteiger partial charge in [-0.2, -0.15) is 0 Å². The topological polar surface area (TPSA) is 34.7 Å². The van der Waals surface area contributed by atoms with E-state index in [-0.39, 0.29) is 17.9 Å². The summed E-state index contributed by atoms with van der Waals surface area (Å²) in [6, 6.07) is 21.8. The van der Waals surface area contributed by atoms with E-state index in [2.05, 4.69) is 79.7 Å². The van der Waals surface area contributed by atoms with Crippen molar-refractivity contribution < 1.29 is 5.48 Å². The van der Waals surface area contributed by atoms with Crippen molar-refractivity contribution >= 4 is 12.4 Å². The molecule has 2 aromatic carbocycles. The van der Waals surface area contributed by atoms with E-state index < -0.39 is 0 Å². The lowest BCUT2D eigenvalue weighted by atomic mass is 9.98. The largest absolute Gasteiger partial charge is 0.412 e. The molecule has 0 fully saturated rings. The molecule has 2 nitrogen and oxygen atoms in total. The van der Waals surface area contributed by atoms with Crippen LogP contribution in [0.3, 0.4) is 0 Å². The highest BCUT2D eigenvalue weighted by atomic mass is 35.5. The van der Waals surface area contributed by atoms with E-state index in [0.717, 1.165) is 6.42 Å². The van der Waals surface area contributed by atoms with Crippen molar-refractivity contribution in [2.75, 3.05) is 14.1 Å². The third-order valence-corrected chi connectivity index (χ3v) is 3.08. The summed E-state index contributed by atoms with van der Waals surface area (Å²) >= 11 is 0. The van der Waals surface area contributed by atoms with Crippen molar-refractivity contribution in [3.63, 3.8) is 0 Å². The smallest absolute Gasteiger partial charge is 0.0382 e. The summed E-state index contributed by atoms with van der Waals surface area (Å²) in [5.41, 5.74) is 2.76. The molecule has 2 aromatic rings. The van der Waals surface area contributed by atoms with Crippen LogP contribution in [0.25, 0.3) is 0 Å². The summed E-state index contributed by atoms with van der Waals surface area (Å²) in [4.78, 5) is 2.28. The maximum atomic E-state index is 2.28. The van der Waals surface area contributed by atoms with Gasteiger partial charge in [-0.3, -0.25) is 0 Å². The number of benzene rings is 2. The normalized spacial score (nSPS) is 11.3. The monoisotopic (exact) mass is 279 g/mol. The van der Waals surface area contributed by atoms with Crippen LogP contribution in [0.4, 0.5) is 0 Å². The van der Waals surface area contributed by atoms with Gasteiger partial charge in [0.2, 0.25) is 0 Å². The Balaban J connectivity index is 0.00000162. The Hall–Kier alpha value is -1.35. The lowest BCUT2D eigenvalue weighted by Crippen LogP contribution is -2.21. The van der Waals surface area contributed by atoms with E-state index in [1.807, 2.05) is 0 Å². The van der Waals surface area contributed by atoms with Gasteiger partial charge in [0.15, 0.2) is 0 Å². The van der Waals surface area contributed by atoms with Gasteiger partial charge in [-0.1, -0.05) is 60.7 Å². The van der Waals surface area contributed by atoms with Gasteiger partial charge >= 0.3 is 0 Å². The minimum Gasteiger partial charge on any atom is -0.412 e. The molecule has 3 heteroatoms. The molecule has 0 aliphatic carbocycles. The number of hydrogen-bond acceptors (Lipinski definition) is 1. The molecule has 0 saturated carbocycles. The molecule has 0 aliphatic rings. The maximum absolute atomic E-state index is 2.28. The number of hydrogen-bond donors (Lipinski definition) is 0. The first-order valence-electron chi connectivity index (χ1n) is 6.02. The van der Waals surface area contributed by atoms with Crippen molar-refractivity contribution in [2.24, 2.45) is 0 Å². The van der Waals surface area contributed by atoms with E-state index in [1.54, 1.807) is 0 Å². The molecule has 19 heavy (non-hydrogen) atoms. The zero-order valence-electron chi connectivity index (χ0n) is 11.4. The quantitative estimate of drug-likeness (QED) is 0.847. The minimum atomic E-state index is 0. The van der Waals surface area contributed by atoms with E-state index in [4.69, 9.17) is 0 Å². The third-order valence-electron chi connectivity index (χ3n) is 3.08. The molecule has 0 saturated heterocycles. The first-order chi connectivity index (χ1) is 8.27. The van der Waals surface area contributed by atoms with Crippen LogP contribution in [0, 0.1) is 0 Å². The third kappa shape index (κ3) is 5.03. The van der Waals surface area contributed by atoms with Crippen LogP contribution in [-0.4, -0.2) is 24.5 Å². The maximum Gasteiger partial charge on any atom is 0.0382 e. The average molecular weight is 280 g/mol. The van der Waals surface area contributed by atoms with Gasteiger partial charge in [-0.25, -0.2) is 0 Å². The highest BCUT2D eigenvalue weighted by Gasteiger charge is 2.13. The lowest BCUT2D eigenvalue weighted by Gasteiger charge is -2.25. The van der Waals surface area contributed by atoms with Gasteiger partial charge in [0.25, 0.3) is 0 Å². The molecule has 0 radical (unpaired) electrons. The van der Waals surface area contributed by atoms with Crippen molar-refractivity contribution in [3.8, 4) is 0 Å². The van der Waals surface area contributed by atoms with Gasteiger partial charge in [-0.05, 0) is 31.6 Å². The van der Waals surface area contributed by atoms with E-state index in [1.165, 1.54) is 11.1 Å². The van der Waals surface area contributed by atoms with Gasteiger partial charge in [0.05, 0.1) is 0 Å². The predicted molar refractivity (Wildman–Crippen MR) is 83.9 cm³/mol. The number of halogens is 1. The Kier molecular flexibility index (Phi) is 8.08. The van der Waals surface area contributed by atoms with E-state index in [9.17, 15) is 0 Å². The molecule has 0 spiro atoms. The fourth-order valence-electron chi connectivity index (χ4n) is 2.11. The number of nitrogens with zero attached hydrogens (tertiary/aromatic N) is 1. The Morgan fingerprint density at radius 3 is 1.79 bits per heavy atom.